The molecule has 50 heavy (non-hydrogen) atoms. The number of hydrogen-bond donors (Lipinski definition) is 0. The third-order valence-corrected chi connectivity index (χ3v) is 11.3. The van der Waals surface area contributed by atoms with Crippen LogP contribution in [0.15, 0.2) is 170 Å². The van der Waals surface area contributed by atoms with Crippen molar-refractivity contribution >= 4 is 89.1 Å². The average molecular weight is 634 g/mol. The first-order valence-electron chi connectivity index (χ1n) is 17.4. The van der Waals surface area contributed by atoms with Crippen molar-refractivity contribution in [3.8, 4) is 16.8 Å². The van der Waals surface area contributed by atoms with E-state index in [2.05, 4.69) is 184 Å². The van der Waals surface area contributed by atoms with E-state index in [4.69, 9.17) is 0 Å². The van der Waals surface area contributed by atoms with Gasteiger partial charge in [-0.05, 0) is 86.6 Å². The molecule has 2 aliphatic rings. The highest BCUT2D eigenvalue weighted by atomic mass is 15.2. The van der Waals surface area contributed by atoms with E-state index in [1.54, 1.807) is 0 Å². The van der Waals surface area contributed by atoms with Gasteiger partial charge in [0.05, 0.1) is 11.2 Å². The Morgan fingerprint density at radius 1 is 0.420 bits per heavy atom. The molecular weight excluding hydrogens is 605 g/mol. The van der Waals surface area contributed by atoms with Gasteiger partial charge in [-0.1, -0.05) is 115 Å². The predicted molar refractivity (Wildman–Crippen MR) is 212 cm³/mol. The summed E-state index contributed by atoms with van der Waals surface area (Å²) in [5.41, 5.74) is 13.9. The minimum Gasteiger partial charge on any atom is -0.375 e. The lowest BCUT2D eigenvalue weighted by atomic mass is 9.44. The fourth-order valence-corrected chi connectivity index (χ4v) is 9.24. The number of para-hydroxylation sites is 3. The van der Waals surface area contributed by atoms with E-state index in [0.29, 0.717) is 0 Å². The molecule has 3 nitrogen and oxygen atoms in total. The van der Waals surface area contributed by atoms with Gasteiger partial charge in [-0.3, -0.25) is 0 Å². The zero-order valence-electron chi connectivity index (χ0n) is 27.1. The summed E-state index contributed by atoms with van der Waals surface area (Å²) in [6.45, 7) is -0.0290. The Morgan fingerprint density at radius 2 is 1.16 bits per heavy atom. The first-order chi connectivity index (χ1) is 24.8. The van der Waals surface area contributed by atoms with Crippen molar-refractivity contribution in [2.45, 2.75) is 0 Å². The topological polar surface area (TPSA) is 13.1 Å². The molecule has 2 aromatic heterocycles. The van der Waals surface area contributed by atoms with E-state index in [9.17, 15) is 0 Å². The van der Waals surface area contributed by atoms with Gasteiger partial charge in [0.15, 0.2) is 0 Å². The van der Waals surface area contributed by atoms with Crippen molar-refractivity contribution in [1.82, 2.24) is 9.05 Å². The van der Waals surface area contributed by atoms with Crippen LogP contribution in [0.5, 0.6) is 0 Å². The summed E-state index contributed by atoms with van der Waals surface area (Å²) in [6, 6.07) is 60.7. The molecule has 0 unspecified atom stereocenters. The van der Waals surface area contributed by atoms with Crippen molar-refractivity contribution < 1.29 is 0 Å². The average Bonchev–Trinajstić information content (AvgIpc) is 3.76. The first kappa shape index (κ1) is 26.4. The normalized spacial score (nSPS) is 13.1. The molecule has 0 radical (unpaired) electrons. The molecule has 0 amide bonds. The molecule has 0 N–H and O–H groups in total. The van der Waals surface area contributed by atoms with Crippen LogP contribution in [-0.2, 0) is 0 Å². The summed E-state index contributed by atoms with van der Waals surface area (Å²) in [5, 5.41) is 8.88. The zero-order chi connectivity index (χ0) is 32.5. The smallest absolute Gasteiger partial charge is 0.333 e. The van der Waals surface area contributed by atoms with Gasteiger partial charge >= 0.3 is 6.85 Å². The highest BCUT2D eigenvalue weighted by Crippen LogP contribution is 2.49. The van der Waals surface area contributed by atoms with Gasteiger partial charge in [0, 0.05) is 56.0 Å². The molecule has 10 aromatic rings. The summed E-state index contributed by atoms with van der Waals surface area (Å²) >= 11 is 0. The van der Waals surface area contributed by atoms with Crippen LogP contribution in [-0.4, -0.2) is 15.9 Å². The SMILES string of the molecule is c1ccc(-n2ccc3cc4c5c(c32)N(c2ccc3ccccc3c2)c2ccc3ccccc3c2B5n2c3ccccc3c3cccc-4c32)cc1. The van der Waals surface area contributed by atoms with Gasteiger partial charge in [0.25, 0.3) is 0 Å². The maximum absolute atomic E-state index is 2.66. The summed E-state index contributed by atoms with van der Waals surface area (Å²) < 4.78 is 5.06. The molecule has 4 heteroatoms. The maximum atomic E-state index is 2.66. The van der Waals surface area contributed by atoms with Crippen LogP contribution in [0.2, 0.25) is 0 Å². The number of fused-ring (bicyclic) bond motifs is 12. The molecule has 0 saturated carbocycles. The second-order valence-electron chi connectivity index (χ2n) is 13.7. The predicted octanol–water partition coefficient (Wildman–Crippen LogP) is 10.5. The van der Waals surface area contributed by atoms with Crippen LogP contribution in [0.4, 0.5) is 17.1 Å². The second kappa shape index (κ2) is 9.55. The van der Waals surface area contributed by atoms with Gasteiger partial charge in [0.2, 0.25) is 0 Å². The molecule has 0 fully saturated rings. The van der Waals surface area contributed by atoms with Crippen LogP contribution in [0.25, 0.3) is 71.1 Å². The lowest BCUT2D eigenvalue weighted by Crippen LogP contribution is -2.57. The first-order valence-corrected chi connectivity index (χ1v) is 17.4. The Morgan fingerprint density at radius 3 is 2.06 bits per heavy atom. The summed E-state index contributed by atoms with van der Waals surface area (Å²) in [6.07, 6.45) is 2.25. The highest BCUT2D eigenvalue weighted by molar-refractivity contribution is 6.92. The fraction of sp³-hybridized carbons (Fsp3) is 0. The summed E-state index contributed by atoms with van der Waals surface area (Å²) in [7, 11) is 0. The Hall–Kier alpha value is -6.52. The van der Waals surface area contributed by atoms with Crippen molar-refractivity contribution in [2.24, 2.45) is 0 Å². The molecule has 0 saturated heterocycles. The second-order valence-corrected chi connectivity index (χ2v) is 13.7. The number of aromatic nitrogens is 2. The van der Waals surface area contributed by atoms with E-state index in [0.717, 1.165) is 11.4 Å². The molecule has 12 rings (SSSR count). The van der Waals surface area contributed by atoms with Crippen LogP contribution < -0.4 is 15.8 Å². The monoisotopic (exact) mass is 633 g/mol. The number of nitrogens with zero attached hydrogens (tertiary/aromatic N) is 3. The lowest BCUT2D eigenvalue weighted by Gasteiger charge is -2.41. The quantitative estimate of drug-likeness (QED) is 0.173. The Bertz CT molecular complexity index is 3060. The Balaban J connectivity index is 1.33. The minimum absolute atomic E-state index is 0.0290. The third kappa shape index (κ3) is 3.30. The highest BCUT2D eigenvalue weighted by Gasteiger charge is 2.45. The van der Waals surface area contributed by atoms with E-state index in [1.807, 2.05) is 0 Å². The van der Waals surface area contributed by atoms with Gasteiger partial charge < -0.3 is 13.9 Å². The third-order valence-electron chi connectivity index (χ3n) is 11.3. The van der Waals surface area contributed by atoms with Crippen molar-refractivity contribution in [2.75, 3.05) is 4.90 Å². The fourth-order valence-electron chi connectivity index (χ4n) is 9.24. The molecule has 2 aliphatic heterocycles. The van der Waals surface area contributed by atoms with E-state index in [1.165, 1.54) is 87.7 Å². The van der Waals surface area contributed by atoms with Crippen LogP contribution in [0.1, 0.15) is 0 Å². The van der Waals surface area contributed by atoms with Gasteiger partial charge in [0.1, 0.15) is 0 Å². The number of rotatable bonds is 2. The van der Waals surface area contributed by atoms with Crippen LogP contribution in [0.3, 0.4) is 0 Å². The maximum Gasteiger partial charge on any atom is 0.333 e. The number of anilines is 3. The molecule has 0 aliphatic carbocycles. The van der Waals surface area contributed by atoms with E-state index >= 15 is 0 Å². The molecule has 230 valence electrons. The molecule has 0 atom stereocenters. The number of benzene rings is 8. The standard InChI is InChI=1S/C46H28BN3/c1-2-14-33(15-3-1)48-26-25-32-28-39-38-19-10-18-37-36-17-8-9-20-40(36)50(45(37)38)47-42-35-16-7-6-12-30(35)22-24-41(42)49(46(43(39)47)44(32)48)34-23-21-29-11-4-5-13-31(29)27-34/h1-28H. The van der Waals surface area contributed by atoms with Crippen molar-refractivity contribution in [3.05, 3.63) is 170 Å². The Kier molecular flexibility index (Phi) is 5.05. The van der Waals surface area contributed by atoms with Gasteiger partial charge in [-0.25, -0.2) is 0 Å². The van der Waals surface area contributed by atoms with Gasteiger partial charge in [-0.15, -0.1) is 0 Å². The zero-order valence-corrected chi connectivity index (χ0v) is 27.1. The molecule has 0 bridgehead atoms. The molecule has 4 heterocycles. The van der Waals surface area contributed by atoms with Crippen molar-refractivity contribution in [1.29, 1.82) is 0 Å². The minimum atomic E-state index is -0.0290. The van der Waals surface area contributed by atoms with Gasteiger partial charge in [-0.2, -0.15) is 0 Å². The molecule has 0 spiro atoms. The lowest BCUT2D eigenvalue weighted by molar-refractivity contribution is 1.12. The van der Waals surface area contributed by atoms with Crippen LogP contribution in [0, 0.1) is 0 Å². The van der Waals surface area contributed by atoms with E-state index < -0.39 is 0 Å². The Labute approximate surface area is 288 Å². The number of hydrogen-bond acceptors (Lipinski definition) is 1. The summed E-state index contributed by atoms with van der Waals surface area (Å²) in [5.74, 6) is 0. The van der Waals surface area contributed by atoms with Crippen molar-refractivity contribution in [3.63, 3.8) is 0 Å². The van der Waals surface area contributed by atoms with E-state index in [-0.39, 0.29) is 6.85 Å². The molecule has 8 aromatic carbocycles. The largest absolute Gasteiger partial charge is 0.375 e. The van der Waals surface area contributed by atoms with Crippen LogP contribution >= 0.6 is 0 Å². The molecular formula is C46H28BN3. The summed E-state index contributed by atoms with van der Waals surface area (Å²) in [4.78, 5) is 2.57.